The number of ether oxygens (including phenoxy) is 5. The number of nitrogens with one attached hydrogen (secondary N) is 1. The largest absolute Gasteiger partial charge is 0.460 e. The molecule has 0 saturated heterocycles. The van der Waals surface area contributed by atoms with E-state index in [9.17, 15) is 19.2 Å². The molecule has 0 radical (unpaired) electrons. The first-order chi connectivity index (χ1) is 20.7. The summed E-state index contributed by atoms with van der Waals surface area (Å²) < 4.78 is 44.9. The molecule has 0 aromatic heterocycles. The van der Waals surface area contributed by atoms with E-state index in [1.165, 1.54) is 20.3 Å². The molecule has 0 bridgehead atoms. The predicted molar refractivity (Wildman–Crippen MR) is 164 cm³/mol. The smallest absolute Gasteiger partial charge is 0.407 e. The molecule has 0 aliphatic heterocycles. The Labute approximate surface area is 262 Å². The van der Waals surface area contributed by atoms with Crippen LogP contribution in [0.2, 0.25) is 13.1 Å². The molecular formula is C26H50N2O14Si2. The fraction of sp³-hybridized carbons (Fsp3) is 0.692. The van der Waals surface area contributed by atoms with Gasteiger partial charge in [-0.15, -0.1) is 0 Å². The van der Waals surface area contributed by atoms with Gasteiger partial charge in [0.05, 0.1) is 45.4 Å². The summed E-state index contributed by atoms with van der Waals surface area (Å²) in [5.41, 5.74) is 0.708. The van der Waals surface area contributed by atoms with Crippen LogP contribution in [0.1, 0.15) is 13.8 Å². The average molecular weight is 671 g/mol. The predicted octanol–water partition coefficient (Wildman–Crippen LogP) is 1.09. The molecule has 0 unspecified atom stereocenters. The zero-order valence-electron chi connectivity index (χ0n) is 27.2. The van der Waals surface area contributed by atoms with Gasteiger partial charge in [-0.2, -0.15) is 0 Å². The maximum Gasteiger partial charge on any atom is 0.407 e. The molecule has 256 valence electrons. The highest BCUT2D eigenvalue weighted by atomic mass is 28.4. The number of hydrogen-bond donors (Lipinski definition) is 2. The first kappa shape index (κ1) is 45.7. The summed E-state index contributed by atoms with van der Waals surface area (Å²) in [4.78, 5) is 46.3. The van der Waals surface area contributed by atoms with Crippen LogP contribution in [0.4, 0.5) is 4.79 Å². The van der Waals surface area contributed by atoms with Crippen molar-refractivity contribution < 1.29 is 65.7 Å². The number of nitrogens with zero attached hydrogens (tertiary/aromatic N) is 1. The van der Waals surface area contributed by atoms with E-state index >= 15 is 0 Å². The van der Waals surface area contributed by atoms with Gasteiger partial charge in [-0.25, -0.2) is 24.2 Å². The van der Waals surface area contributed by atoms with E-state index in [0.717, 1.165) is 0 Å². The summed E-state index contributed by atoms with van der Waals surface area (Å²) >= 11 is 0. The Kier molecular flexibility index (Phi) is 30.0. The van der Waals surface area contributed by atoms with Crippen LogP contribution in [-0.2, 0) is 55.8 Å². The van der Waals surface area contributed by atoms with Crippen LogP contribution in [0.25, 0.3) is 0 Å². The Balaban J connectivity index is -0.000000641. The molecule has 0 fully saturated rings. The molecule has 0 saturated carbocycles. The minimum Gasteiger partial charge on any atom is -0.460 e. The summed E-state index contributed by atoms with van der Waals surface area (Å²) in [5, 5.41) is 10.9. The van der Waals surface area contributed by atoms with Gasteiger partial charge in [0.2, 0.25) is 6.08 Å². The molecule has 0 spiro atoms. The summed E-state index contributed by atoms with van der Waals surface area (Å²) in [7, 11) is 1.69. The maximum atomic E-state index is 11.4. The van der Waals surface area contributed by atoms with Crippen LogP contribution in [0.3, 0.4) is 0 Å². The topological polar surface area (TPSA) is 196 Å². The molecule has 1 amide bonds. The number of esters is 2. The molecular weight excluding hydrogens is 620 g/mol. The third-order valence-corrected chi connectivity index (χ3v) is 10.0. The molecule has 0 aliphatic carbocycles. The summed E-state index contributed by atoms with van der Waals surface area (Å²) in [6.45, 7) is 15.1. The Morgan fingerprint density at radius 1 is 0.727 bits per heavy atom. The van der Waals surface area contributed by atoms with Crippen molar-refractivity contribution in [2.45, 2.75) is 26.9 Å². The number of aliphatic hydroxyl groups is 1. The molecule has 16 nitrogen and oxygen atoms in total. The van der Waals surface area contributed by atoms with Gasteiger partial charge in [0, 0.05) is 39.6 Å². The lowest BCUT2D eigenvalue weighted by Crippen LogP contribution is -2.48. The number of hydrogen-bond acceptors (Lipinski definition) is 15. The molecule has 0 aromatic carbocycles. The fourth-order valence-corrected chi connectivity index (χ4v) is 3.69. The number of amides is 1. The van der Waals surface area contributed by atoms with Crippen molar-refractivity contribution in [3.63, 3.8) is 0 Å². The summed E-state index contributed by atoms with van der Waals surface area (Å²) in [6, 6.07) is 0. The van der Waals surface area contributed by atoms with E-state index < -0.39 is 35.2 Å². The number of aliphatic hydroxyl groups excluding tert-OH is 1. The highest BCUT2D eigenvalue weighted by Gasteiger charge is 2.29. The lowest BCUT2D eigenvalue weighted by Gasteiger charge is -2.22. The minimum atomic E-state index is -2.34. The van der Waals surface area contributed by atoms with Crippen LogP contribution < -0.4 is 5.32 Å². The number of alkyl carbamates (subject to hydrolysis) is 1. The van der Waals surface area contributed by atoms with Gasteiger partial charge >= 0.3 is 35.2 Å². The van der Waals surface area contributed by atoms with Gasteiger partial charge in [0.15, 0.2) is 0 Å². The quantitative estimate of drug-likeness (QED) is 0.0335. The van der Waals surface area contributed by atoms with Crippen molar-refractivity contribution in [2.24, 2.45) is 4.99 Å². The van der Waals surface area contributed by atoms with Crippen molar-refractivity contribution in [2.75, 3.05) is 93.6 Å². The van der Waals surface area contributed by atoms with E-state index in [4.69, 9.17) is 46.5 Å². The highest BCUT2D eigenvalue weighted by molar-refractivity contribution is 6.66. The van der Waals surface area contributed by atoms with E-state index in [1.807, 2.05) is 13.1 Å². The number of isocyanates is 1. The molecule has 2 N–H and O–H groups in total. The Morgan fingerprint density at radius 3 is 1.50 bits per heavy atom. The lowest BCUT2D eigenvalue weighted by molar-refractivity contribution is -0.141. The molecule has 0 aromatic rings. The minimum absolute atomic E-state index is 0.0194. The van der Waals surface area contributed by atoms with Crippen molar-refractivity contribution in [3.05, 3.63) is 24.3 Å². The standard InChI is InChI=1S/C13H25NO7Si.C8H14O4.C5H11NO3Si/c1-11(2)12(15)20-8-6-19-7-9-21-13(16)14-10-22(5,17-3)18-4;1-7(2)8(10)12-6-5-11-4-3-9;1-8-10(3,9-2)5-6-4-7/h1,6-10H2,2-5H3,(H,14,16);9H,1,3-6H2,2H3;5H2,1-3H3. The second-order valence-electron chi connectivity index (χ2n) is 8.76. The molecule has 0 rings (SSSR count). The average Bonchev–Trinajstić information content (AvgIpc) is 3.02. The summed E-state index contributed by atoms with van der Waals surface area (Å²) in [5.74, 6) is -0.870. The molecule has 0 atom stereocenters. The number of carbonyl (C=O) groups excluding carboxylic acids is 4. The van der Waals surface area contributed by atoms with Crippen LogP contribution in [0, 0.1) is 0 Å². The van der Waals surface area contributed by atoms with Gasteiger partial charge in [-0.1, -0.05) is 13.2 Å². The van der Waals surface area contributed by atoms with Crippen LogP contribution >= 0.6 is 0 Å². The van der Waals surface area contributed by atoms with Gasteiger partial charge < -0.3 is 51.8 Å². The summed E-state index contributed by atoms with van der Waals surface area (Å²) in [6.07, 6.45) is 1.47. The molecule has 0 heterocycles. The monoisotopic (exact) mass is 670 g/mol. The van der Waals surface area contributed by atoms with Crippen molar-refractivity contribution in [1.29, 1.82) is 0 Å². The highest BCUT2D eigenvalue weighted by Crippen LogP contribution is 2.03. The third kappa shape index (κ3) is 28.0. The molecule has 44 heavy (non-hydrogen) atoms. The Bertz CT molecular complexity index is 877. The SMILES string of the molecule is C=C(C)C(=O)OCCOCCO.C=C(C)C(=O)OCCOCCOC(=O)NC[Si](C)(OC)OC.CO[Si](C)(CN=C=O)OC. The molecule has 0 aliphatic rings. The van der Waals surface area contributed by atoms with E-state index in [-0.39, 0.29) is 52.4 Å². The van der Waals surface area contributed by atoms with Gasteiger partial charge in [0.1, 0.15) is 19.8 Å². The van der Waals surface area contributed by atoms with Crippen molar-refractivity contribution >= 4 is 41.2 Å². The van der Waals surface area contributed by atoms with Crippen LogP contribution in [-0.4, -0.2) is 140 Å². The number of carbonyl (C=O) groups is 3. The zero-order chi connectivity index (χ0) is 34.4. The first-order valence-corrected chi connectivity index (χ1v) is 18.3. The fourth-order valence-electron chi connectivity index (χ4n) is 1.99. The van der Waals surface area contributed by atoms with E-state index in [0.29, 0.717) is 23.9 Å². The van der Waals surface area contributed by atoms with Gasteiger partial charge in [-0.3, -0.25) is 0 Å². The van der Waals surface area contributed by atoms with Crippen LogP contribution in [0.15, 0.2) is 29.3 Å². The normalized spacial score (nSPS) is 10.5. The van der Waals surface area contributed by atoms with Crippen molar-refractivity contribution in [1.82, 2.24) is 5.32 Å². The maximum absolute atomic E-state index is 11.4. The van der Waals surface area contributed by atoms with E-state index in [2.05, 4.69) is 23.5 Å². The van der Waals surface area contributed by atoms with Gasteiger partial charge in [-0.05, 0) is 26.9 Å². The lowest BCUT2D eigenvalue weighted by atomic mass is 10.4. The Hall–Kier alpha value is -2.78. The zero-order valence-corrected chi connectivity index (χ0v) is 29.2. The van der Waals surface area contributed by atoms with Gasteiger partial charge in [0.25, 0.3) is 0 Å². The van der Waals surface area contributed by atoms with Crippen LogP contribution in [0.5, 0.6) is 0 Å². The van der Waals surface area contributed by atoms with E-state index in [1.54, 1.807) is 28.1 Å². The second kappa shape index (κ2) is 29.0. The number of rotatable bonds is 21. The van der Waals surface area contributed by atoms with Crippen molar-refractivity contribution in [3.8, 4) is 0 Å². The number of aliphatic imine (C=N–C) groups is 1. The molecule has 18 heteroatoms. The third-order valence-electron chi connectivity index (χ3n) is 5.03. The first-order valence-electron chi connectivity index (χ1n) is 13.3. The Morgan fingerprint density at radius 2 is 1.14 bits per heavy atom. The second-order valence-corrected chi connectivity index (χ2v) is 15.6.